The maximum absolute atomic E-state index is 9.51. The zero-order valence-corrected chi connectivity index (χ0v) is 13.5. The molecule has 3 atom stereocenters. The Morgan fingerprint density at radius 3 is 2.65 bits per heavy atom. The Bertz CT molecular complexity index is 358. The average Bonchev–Trinajstić information content (AvgIpc) is 3.22. The fraction of sp³-hybridized carbons (Fsp3) is 0.938. The van der Waals surface area contributed by atoms with E-state index < -0.39 is 0 Å². The van der Waals surface area contributed by atoms with Crippen LogP contribution in [0.4, 0.5) is 0 Å². The van der Waals surface area contributed by atoms with Crippen LogP contribution >= 0.6 is 0 Å². The molecule has 0 bridgehead atoms. The number of hydrogen-bond donors (Lipinski definition) is 1. The molecule has 0 spiro atoms. The van der Waals surface area contributed by atoms with Crippen LogP contribution in [0.3, 0.4) is 0 Å². The summed E-state index contributed by atoms with van der Waals surface area (Å²) in [5.74, 6) is 0. The van der Waals surface area contributed by atoms with Gasteiger partial charge in [0, 0.05) is 24.7 Å². The first-order valence-corrected chi connectivity index (χ1v) is 8.03. The van der Waals surface area contributed by atoms with Gasteiger partial charge in [0.2, 0.25) is 0 Å². The van der Waals surface area contributed by atoms with Crippen molar-refractivity contribution in [1.29, 1.82) is 5.26 Å². The van der Waals surface area contributed by atoms with E-state index in [0.717, 1.165) is 13.0 Å². The van der Waals surface area contributed by atoms with Crippen LogP contribution < -0.4 is 5.32 Å². The zero-order chi connectivity index (χ0) is 14.8. The van der Waals surface area contributed by atoms with Crippen LogP contribution in [0, 0.1) is 11.3 Å². The molecule has 1 saturated heterocycles. The molecule has 0 aromatic carbocycles. The minimum Gasteiger partial charge on any atom is -0.305 e. The number of likely N-dealkylation sites (tertiary alicyclic amines) is 1. The molecule has 1 aliphatic carbocycles. The second kappa shape index (κ2) is 6.43. The molecule has 2 fully saturated rings. The average molecular weight is 278 g/mol. The van der Waals surface area contributed by atoms with Crippen molar-refractivity contribution in [3.63, 3.8) is 0 Å². The molecule has 1 saturated carbocycles. The van der Waals surface area contributed by atoms with E-state index in [9.17, 15) is 5.26 Å². The van der Waals surface area contributed by atoms with Gasteiger partial charge < -0.3 is 4.90 Å². The van der Waals surface area contributed by atoms with Crippen molar-refractivity contribution in [1.82, 2.24) is 15.1 Å². The first kappa shape index (κ1) is 15.8. The zero-order valence-electron chi connectivity index (χ0n) is 13.5. The Labute approximate surface area is 124 Å². The molecular weight excluding hydrogens is 248 g/mol. The molecule has 1 N–H and O–H groups in total. The van der Waals surface area contributed by atoms with Crippen molar-refractivity contribution in [3.05, 3.63) is 0 Å². The predicted molar refractivity (Wildman–Crippen MR) is 82.5 cm³/mol. The van der Waals surface area contributed by atoms with E-state index >= 15 is 0 Å². The van der Waals surface area contributed by atoms with E-state index in [1.54, 1.807) is 0 Å². The monoisotopic (exact) mass is 278 g/mol. The van der Waals surface area contributed by atoms with Crippen molar-refractivity contribution in [3.8, 4) is 6.07 Å². The molecule has 1 aliphatic heterocycles. The molecule has 4 nitrogen and oxygen atoms in total. The highest BCUT2D eigenvalue weighted by atomic mass is 15.2. The van der Waals surface area contributed by atoms with Crippen LogP contribution in [0.5, 0.6) is 0 Å². The first-order valence-electron chi connectivity index (χ1n) is 8.03. The third-order valence-electron chi connectivity index (χ3n) is 4.83. The maximum atomic E-state index is 9.51. The molecule has 4 heteroatoms. The molecule has 2 rings (SSSR count). The van der Waals surface area contributed by atoms with Crippen molar-refractivity contribution >= 4 is 0 Å². The largest absolute Gasteiger partial charge is 0.305 e. The van der Waals surface area contributed by atoms with Gasteiger partial charge in [-0.3, -0.25) is 10.2 Å². The van der Waals surface area contributed by atoms with Gasteiger partial charge in [0.05, 0.1) is 6.07 Å². The number of nitrogens with zero attached hydrogens (tertiary/aromatic N) is 3. The number of nitriles is 1. The van der Waals surface area contributed by atoms with Crippen LogP contribution in [-0.2, 0) is 0 Å². The summed E-state index contributed by atoms with van der Waals surface area (Å²) < 4.78 is 0. The van der Waals surface area contributed by atoms with Gasteiger partial charge in [-0.05, 0) is 66.6 Å². The van der Waals surface area contributed by atoms with E-state index in [-0.39, 0.29) is 5.54 Å². The van der Waals surface area contributed by atoms with Gasteiger partial charge in [-0.15, -0.1) is 0 Å². The van der Waals surface area contributed by atoms with Crippen molar-refractivity contribution in [2.45, 2.75) is 69.6 Å². The van der Waals surface area contributed by atoms with Crippen LogP contribution in [-0.4, -0.2) is 60.6 Å². The summed E-state index contributed by atoms with van der Waals surface area (Å²) in [6.45, 7) is 6.66. The minimum atomic E-state index is -0.369. The van der Waals surface area contributed by atoms with Crippen LogP contribution in [0.15, 0.2) is 0 Å². The first-order chi connectivity index (χ1) is 9.43. The number of hydrogen-bond acceptors (Lipinski definition) is 4. The Balaban J connectivity index is 1.89. The lowest BCUT2D eigenvalue weighted by molar-refractivity contribution is 0.0902. The topological polar surface area (TPSA) is 42.3 Å². The second-order valence-corrected chi connectivity index (χ2v) is 7.17. The van der Waals surface area contributed by atoms with E-state index in [4.69, 9.17) is 0 Å². The standard InChI is InChI=1S/C16H30N4/c1-13(10-16(2,12-17)18-14-7-8-14)20-9-5-6-15(11-20)19(3)4/h13-15,18H,5-11H2,1-4H3. The molecule has 1 heterocycles. The molecular formula is C16H30N4. The SMILES string of the molecule is CC(CC(C)(C#N)NC1CC1)N1CCCC(N(C)C)C1. The van der Waals surface area contributed by atoms with E-state index in [1.165, 1.54) is 32.2 Å². The molecule has 0 aromatic rings. The van der Waals surface area contributed by atoms with Crippen molar-refractivity contribution in [2.75, 3.05) is 27.2 Å². The highest BCUT2D eigenvalue weighted by Gasteiger charge is 2.35. The maximum Gasteiger partial charge on any atom is 0.105 e. The summed E-state index contributed by atoms with van der Waals surface area (Å²) >= 11 is 0. The molecule has 0 radical (unpaired) electrons. The Kier molecular flexibility index (Phi) is 5.06. The van der Waals surface area contributed by atoms with Crippen LogP contribution in [0.25, 0.3) is 0 Å². The van der Waals surface area contributed by atoms with Gasteiger partial charge in [0.1, 0.15) is 5.54 Å². The number of piperidine rings is 1. The smallest absolute Gasteiger partial charge is 0.105 e. The highest BCUT2D eigenvalue weighted by molar-refractivity contribution is 5.08. The summed E-state index contributed by atoms with van der Waals surface area (Å²) in [5.41, 5.74) is -0.369. The third kappa shape index (κ3) is 4.18. The number of nitrogens with one attached hydrogen (secondary N) is 1. The summed E-state index contributed by atoms with van der Waals surface area (Å²) in [5, 5.41) is 13.0. The van der Waals surface area contributed by atoms with Gasteiger partial charge in [0.25, 0.3) is 0 Å². The quantitative estimate of drug-likeness (QED) is 0.805. The fourth-order valence-corrected chi connectivity index (χ4v) is 3.34. The van der Waals surface area contributed by atoms with Crippen molar-refractivity contribution in [2.24, 2.45) is 0 Å². The molecule has 3 unspecified atom stereocenters. The summed E-state index contributed by atoms with van der Waals surface area (Å²) in [4.78, 5) is 4.91. The van der Waals surface area contributed by atoms with Gasteiger partial charge >= 0.3 is 0 Å². The lowest BCUT2D eigenvalue weighted by Crippen LogP contribution is -2.52. The number of likely N-dealkylation sites (N-methyl/N-ethyl adjacent to an activating group) is 1. The van der Waals surface area contributed by atoms with Gasteiger partial charge in [-0.2, -0.15) is 5.26 Å². The Morgan fingerprint density at radius 1 is 1.40 bits per heavy atom. The lowest BCUT2D eigenvalue weighted by Gasteiger charge is -2.41. The number of rotatable bonds is 6. The molecule has 2 aliphatic rings. The Hall–Kier alpha value is -0.630. The molecule has 20 heavy (non-hydrogen) atoms. The fourth-order valence-electron chi connectivity index (χ4n) is 3.34. The minimum absolute atomic E-state index is 0.369. The van der Waals surface area contributed by atoms with Gasteiger partial charge in [-0.1, -0.05) is 0 Å². The molecule has 0 amide bonds. The van der Waals surface area contributed by atoms with E-state index in [1.807, 2.05) is 0 Å². The highest BCUT2D eigenvalue weighted by Crippen LogP contribution is 2.26. The van der Waals surface area contributed by atoms with Crippen LogP contribution in [0.2, 0.25) is 0 Å². The van der Waals surface area contributed by atoms with Crippen molar-refractivity contribution < 1.29 is 0 Å². The van der Waals surface area contributed by atoms with E-state index in [2.05, 4.69) is 49.1 Å². The van der Waals surface area contributed by atoms with Gasteiger partial charge in [-0.25, -0.2) is 0 Å². The van der Waals surface area contributed by atoms with Crippen LogP contribution in [0.1, 0.15) is 46.0 Å². The second-order valence-electron chi connectivity index (χ2n) is 7.17. The predicted octanol–water partition coefficient (Wildman–Crippen LogP) is 1.83. The molecule has 114 valence electrons. The summed E-state index contributed by atoms with van der Waals surface area (Å²) in [6, 6.07) is 4.22. The third-order valence-corrected chi connectivity index (χ3v) is 4.83. The Morgan fingerprint density at radius 2 is 2.10 bits per heavy atom. The normalized spacial score (nSPS) is 28.9. The van der Waals surface area contributed by atoms with Gasteiger partial charge in [0.15, 0.2) is 0 Å². The summed E-state index contributed by atoms with van der Waals surface area (Å²) in [6.07, 6.45) is 5.95. The lowest BCUT2D eigenvalue weighted by atomic mass is 9.92. The van der Waals surface area contributed by atoms with E-state index in [0.29, 0.717) is 18.1 Å². The summed E-state index contributed by atoms with van der Waals surface area (Å²) in [7, 11) is 4.35. The molecule has 0 aromatic heterocycles.